The van der Waals surface area contributed by atoms with E-state index in [0.29, 0.717) is 6.54 Å². The van der Waals surface area contributed by atoms with Gasteiger partial charge in [0.15, 0.2) is 0 Å². The van der Waals surface area contributed by atoms with E-state index in [1.807, 2.05) is 48.5 Å². The molecule has 1 heterocycles. The number of aromatic amines is 1. The molecule has 0 atom stereocenters. The molecular formula is C17H14BrN3O. The summed E-state index contributed by atoms with van der Waals surface area (Å²) in [6.45, 7) is 0.369. The summed E-state index contributed by atoms with van der Waals surface area (Å²) in [7, 11) is 0. The van der Waals surface area contributed by atoms with Crippen molar-refractivity contribution in [2.75, 3.05) is 0 Å². The molecule has 1 aromatic heterocycles. The minimum Gasteiger partial charge on any atom is -0.345 e. The quantitative estimate of drug-likeness (QED) is 0.701. The minimum atomic E-state index is -0.156. The zero-order valence-electron chi connectivity index (χ0n) is 11.7. The van der Waals surface area contributed by atoms with Crippen LogP contribution in [0.3, 0.4) is 0 Å². The maximum Gasteiger partial charge on any atom is 0.244 e. The lowest BCUT2D eigenvalue weighted by molar-refractivity contribution is -0.116. The van der Waals surface area contributed by atoms with E-state index in [9.17, 15) is 4.79 Å². The number of amides is 1. The van der Waals surface area contributed by atoms with Gasteiger partial charge >= 0.3 is 0 Å². The van der Waals surface area contributed by atoms with Gasteiger partial charge < -0.3 is 10.3 Å². The van der Waals surface area contributed by atoms with Gasteiger partial charge in [-0.15, -0.1) is 0 Å². The van der Waals surface area contributed by atoms with Crippen LogP contribution in [0.25, 0.3) is 17.1 Å². The fourth-order valence-electron chi connectivity index (χ4n) is 2.09. The van der Waals surface area contributed by atoms with Gasteiger partial charge in [-0.05, 0) is 29.8 Å². The Hall–Kier alpha value is -2.40. The highest BCUT2D eigenvalue weighted by molar-refractivity contribution is 9.10. The van der Waals surface area contributed by atoms with Crippen molar-refractivity contribution in [1.29, 1.82) is 0 Å². The molecule has 5 heteroatoms. The van der Waals surface area contributed by atoms with E-state index in [4.69, 9.17) is 0 Å². The summed E-state index contributed by atoms with van der Waals surface area (Å²) in [5.41, 5.74) is 2.83. The number of nitrogens with one attached hydrogen (secondary N) is 2. The Morgan fingerprint density at radius 3 is 2.77 bits per heavy atom. The average Bonchev–Trinajstić information content (AvgIpc) is 2.95. The van der Waals surface area contributed by atoms with Gasteiger partial charge in [-0.25, -0.2) is 4.98 Å². The third-order valence-electron chi connectivity index (χ3n) is 3.19. The molecule has 1 amide bonds. The summed E-state index contributed by atoms with van der Waals surface area (Å²) in [6, 6.07) is 15.5. The van der Waals surface area contributed by atoms with Gasteiger partial charge in [-0.1, -0.05) is 46.3 Å². The van der Waals surface area contributed by atoms with Crippen LogP contribution in [-0.4, -0.2) is 15.9 Å². The Balaban J connectivity index is 1.61. The lowest BCUT2D eigenvalue weighted by Gasteiger charge is -1.99. The predicted molar refractivity (Wildman–Crippen MR) is 91.1 cm³/mol. The number of rotatable bonds is 4. The highest BCUT2D eigenvalue weighted by Gasteiger charge is 2.03. The number of benzene rings is 2. The van der Waals surface area contributed by atoms with Crippen molar-refractivity contribution in [3.63, 3.8) is 0 Å². The lowest BCUT2D eigenvalue weighted by atomic mass is 10.2. The van der Waals surface area contributed by atoms with Crippen molar-refractivity contribution in [3.8, 4) is 0 Å². The van der Waals surface area contributed by atoms with Crippen molar-refractivity contribution in [3.05, 3.63) is 70.5 Å². The van der Waals surface area contributed by atoms with Crippen LogP contribution in [0, 0.1) is 0 Å². The molecule has 0 fully saturated rings. The predicted octanol–water partition coefficient (Wildman–Crippen LogP) is 3.66. The first kappa shape index (κ1) is 14.5. The SMILES string of the molecule is O=C(C=Cc1ccccc1Br)NCc1nc2ccccc2[nH]1. The van der Waals surface area contributed by atoms with Gasteiger partial charge in [0.25, 0.3) is 0 Å². The molecule has 2 aromatic carbocycles. The van der Waals surface area contributed by atoms with E-state index in [1.54, 1.807) is 6.08 Å². The molecule has 3 rings (SSSR count). The van der Waals surface area contributed by atoms with Gasteiger partial charge in [0.1, 0.15) is 5.82 Å². The number of hydrogen-bond acceptors (Lipinski definition) is 2. The van der Waals surface area contributed by atoms with E-state index in [-0.39, 0.29) is 5.91 Å². The minimum absolute atomic E-state index is 0.156. The topological polar surface area (TPSA) is 57.8 Å². The second-order valence-corrected chi connectivity index (χ2v) is 5.63. The molecule has 4 nitrogen and oxygen atoms in total. The van der Waals surface area contributed by atoms with Gasteiger partial charge in [-0.2, -0.15) is 0 Å². The Bertz CT molecular complexity index is 806. The number of para-hydroxylation sites is 2. The third kappa shape index (κ3) is 3.43. The normalized spacial score (nSPS) is 11.1. The standard InChI is InChI=1S/C17H14BrN3O/c18-13-6-2-1-5-12(13)9-10-17(22)19-11-16-20-14-7-3-4-8-15(14)21-16/h1-10H,11H2,(H,19,22)(H,20,21). The molecule has 0 saturated heterocycles. The molecule has 0 bridgehead atoms. The van der Waals surface area contributed by atoms with Crippen molar-refractivity contribution in [2.24, 2.45) is 0 Å². The van der Waals surface area contributed by atoms with Crippen LogP contribution in [0.2, 0.25) is 0 Å². The van der Waals surface area contributed by atoms with Gasteiger partial charge in [0.05, 0.1) is 17.6 Å². The number of fused-ring (bicyclic) bond motifs is 1. The molecule has 0 saturated carbocycles. The zero-order chi connectivity index (χ0) is 15.4. The Morgan fingerprint density at radius 1 is 1.18 bits per heavy atom. The summed E-state index contributed by atoms with van der Waals surface area (Å²) < 4.78 is 0.955. The van der Waals surface area contributed by atoms with E-state index in [2.05, 4.69) is 31.2 Å². The summed E-state index contributed by atoms with van der Waals surface area (Å²) in [6.07, 6.45) is 3.29. The van der Waals surface area contributed by atoms with Crippen molar-refractivity contribution >= 4 is 38.9 Å². The smallest absolute Gasteiger partial charge is 0.244 e. The van der Waals surface area contributed by atoms with E-state index >= 15 is 0 Å². The van der Waals surface area contributed by atoms with Crippen LogP contribution >= 0.6 is 15.9 Å². The molecular weight excluding hydrogens is 342 g/mol. The number of imidazole rings is 1. The van der Waals surface area contributed by atoms with Crippen LogP contribution in [0.15, 0.2) is 59.1 Å². The molecule has 0 aliphatic heterocycles. The first-order valence-electron chi connectivity index (χ1n) is 6.86. The van der Waals surface area contributed by atoms with Crippen LogP contribution in [0.4, 0.5) is 0 Å². The summed E-state index contributed by atoms with van der Waals surface area (Å²) in [5, 5.41) is 2.81. The highest BCUT2D eigenvalue weighted by atomic mass is 79.9. The molecule has 0 unspecified atom stereocenters. The molecule has 2 N–H and O–H groups in total. The number of nitrogens with zero attached hydrogens (tertiary/aromatic N) is 1. The fourth-order valence-corrected chi connectivity index (χ4v) is 2.51. The van der Waals surface area contributed by atoms with Crippen LogP contribution in [-0.2, 0) is 11.3 Å². The molecule has 0 aliphatic carbocycles. The summed E-state index contributed by atoms with van der Waals surface area (Å²) in [4.78, 5) is 19.5. The van der Waals surface area contributed by atoms with Crippen LogP contribution in [0.1, 0.15) is 11.4 Å². The molecule has 110 valence electrons. The Kier molecular flexibility index (Phi) is 4.34. The summed E-state index contributed by atoms with van der Waals surface area (Å²) >= 11 is 3.44. The second kappa shape index (κ2) is 6.58. The number of hydrogen-bond donors (Lipinski definition) is 2. The van der Waals surface area contributed by atoms with Crippen molar-refractivity contribution in [2.45, 2.75) is 6.54 Å². The number of H-pyrrole nitrogens is 1. The van der Waals surface area contributed by atoms with Crippen molar-refractivity contribution in [1.82, 2.24) is 15.3 Å². The first-order chi connectivity index (χ1) is 10.7. The zero-order valence-corrected chi connectivity index (χ0v) is 13.3. The largest absolute Gasteiger partial charge is 0.345 e. The van der Waals surface area contributed by atoms with Gasteiger partial charge in [0.2, 0.25) is 5.91 Å². The maximum absolute atomic E-state index is 11.9. The number of aromatic nitrogens is 2. The molecule has 0 radical (unpaired) electrons. The first-order valence-corrected chi connectivity index (χ1v) is 7.66. The third-order valence-corrected chi connectivity index (χ3v) is 3.91. The average molecular weight is 356 g/mol. The summed E-state index contributed by atoms with van der Waals surface area (Å²) in [5.74, 6) is 0.583. The monoisotopic (exact) mass is 355 g/mol. The van der Waals surface area contributed by atoms with Crippen molar-refractivity contribution < 1.29 is 4.79 Å². The molecule has 0 aliphatic rings. The van der Waals surface area contributed by atoms with E-state index in [1.165, 1.54) is 6.08 Å². The Labute approximate surface area is 136 Å². The van der Waals surface area contributed by atoms with Crippen LogP contribution < -0.4 is 5.32 Å². The fraction of sp³-hybridized carbons (Fsp3) is 0.0588. The van der Waals surface area contributed by atoms with E-state index < -0.39 is 0 Å². The molecule has 3 aromatic rings. The number of carbonyl (C=O) groups is 1. The van der Waals surface area contributed by atoms with Gasteiger partial charge in [0, 0.05) is 10.5 Å². The Morgan fingerprint density at radius 2 is 1.95 bits per heavy atom. The highest BCUT2D eigenvalue weighted by Crippen LogP contribution is 2.17. The molecule has 22 heavy (non-hydrogen) atoms. The number of halogens is 1. The molecule has 0 spiro atoms. The van der Waals surface area contributed by atoms with Gasteiger partial charge in [-0.3, -0.25) is 4.79 Å². The van der Waals surface area contributed by atoms with E-state index in [0.717, 1.165) is 26.9 Å². The lowest BCUT2D eigenvalue weighted by Crippen LogP contribution is -2.20. The number of carbonyl (C=O) groups excluding carboxylic acids is 1. The van der Waals surface area contributed by atoms with Crippen LogP contribution in [0.5, 0.6) is 0 Å². The second-order valence-electron chi connectivity index (χ2n) is 4.77. The maximum atomic E-state index is 11.9.